The Bertz CT molecular complexity index is 450. The first-order valence-electron chi connectivity index (χ1n) is 6.09. The zero-order valence-corrected chi connectivity index (χ0v) is 12.6. The monoisotopic (exact) mass is 283 g/mol. The fourth-order valence-corrected chi connectivity index (χ4v) is 2.06. The van der Waals surface area contributed by atoms with Crippen molar-refractivity contribution >= 4 is 29.3 Å². The van der Waals surface area contributed by atoms with E-state index in [0.717, 1.165) is 12.4 Å². The van der Waals surface area contributed by atoms with Gasteiger partial charge >= 0.3 is 0 Å². The van der Waals surface area contributed by atoms with Crippen LogP contribution in [-0.4, -0.2) is 34.2 Å². The van der Waals surface area contributed by atoms with Gasteiger partial charge in [0.05, 0.1) is 0 Å². The Balaban J connectivity index is 2.92. The molecule has 1 heterocycles. The normalized spacial score (nSPS) is 11.2. The molecule has 0 bridgehead atoms. The van der Waals surface area contributed by atoms with E-state index >= 15 is 0 Å². The Morgan fingerprint density at radius 3 is 2.58 bits per heavy atom. The molecule has 1 amide bonds. The molecular weight excluding hydrogens is 262 g/mol. The van der Waals surface area contributed by atoms with E-state index in [2.05, 4.69) is 20.6 Å². The summed E-state index contributed by atoms with van der Waals surface area (Å²) in [6.07, 6.45) is 2.16. The molecular formula is C12H21N5OS. The van der Waals surface area contributed by atoms with Gasteiger partial charge in [0.1, 0.15) is 11.6 Å². The summed E-state index contributed by atoms with van der Waals surface area (Å²) in [5, 5.41) is 7.05. The van der Waals surface area contributed by atoms with E-state index in [4.69, 9.17) is 5.73 Å². The number of nitrogens with zero attached hydrogens (tertiary/aromatic N) is 2. The molecule has 106 valence electrons. The first kappa shape index (κ1) is 15.6. The maximum Gasteiger partial charge on any atom is 0.219 e. The zero-order chi connectivity index (χ0) is 14.5. The predicted molar refractivity (Wildman–Crippen MR) is 79.5 cm³/mol. The standard InChI is InChI=1S/C12H21N5OS/c1-5-14-9-6-10(16-11(15-9)19-4)17-12(2,3)7-8(13)18/h6H,5,7H2,1-4H3,(H2,13,18)(H2,14,15,16,17). The molecule has 0 fully saturated rings. The topological polar surface area (TPSA) is 92.9 Å². The number of rotatable bonds is 7. The van der Waals surface area contributed by atoms with Gasteiger partial charge in [-0.3, -0.25) is 4.79 Å². The molecule has 0 spiro atoms. The van der Waals surface area contributed by atoms with Gasteiger partial charge in [-0.15, -0.1) is 0 Å². The van der Waals surface area contributed by atoms with Gasteiger partial charge < -0.3 is 16.4 Å². The fraction of sp³-hybridized carbons (Fsp3) is 0.583. The quantitative estimate of drug-likeness (QED) is 0.521. The molecule has 0 aromatic carbocycles. The molecule has 1 rings (SSSR count). The SMILES string of the molecule is CCNc1cc(NC(C)(C)CC(N)=O)nc(SC)n1. The molecule has 0 aliphatic carbocycles. The largest absolute Gasteiger partial charge is 0.370 e. The van der Waals surface area contributed by atoms with Crippen LogP contribution >= 0.6 is 11.8 Å². The van der Waals surface area contributed by atoms with Crippen LogP contribution in [0.5, 0.6) is 0 Å². The van der Waals surface area contributed by atoms with Crippen molar-refractivity contribution in [2.45, 2.75) is 37.9 Å². The number of carbonyl (C=O) groups is 1. The Kier molecular flexibility index (Phi) is 5.41. The second kappa shape index (κ2) is 6.60. The van der Waals surface area contributed by atoms with E-state index in [9.17, 15) is 4.79 Å². The van der Waals surface area contributed by atoms with Crippen LogP contribution in [0.4, 0.5) is 11.6 Å². The number of amides is 1. The summed E-state index contributed by atoms with van der Waals surface area (Å²) >= 11 is 1.47. The van der Waals surface area contributed by atoms with Gasteiger partial charge in [0.15, 0.2) is 5.16 Å². The number of primary amides is 1. The minimum Gasteiger partial charge on any atom is -0.370 e. The average Bonchev–Trinajstić information content (AvgIpc) is 2.26. The third kappa shape index (κ3) is 5.34. The Labute approximate surface area is 118 Å². The summed E-state index contributed by atoms with van der Waals surface area (Å²) in [5.41, 5.74) is 4.79. The van der Waals surface area contributed by atoms with E-state index < -0.39 is 5.54 Å². The van der Waals surface area contributed by atoms with Crippen molar-refractivity contribution < 1.29 is 4.79 Å². The molecule has 0 saturated carbocycles. The Morgan fingerprint density at radius 2 is 2.05 bits per heavy atom. The third-order valence-electron chi connectivity index (χ3n) is 2.33. The molecule has 7 heteroatoms. The summed E-state index contributed by atoms with van der Waals surface area (Å²) < 4.78 is 0. The van der Waals surface area contributed by atoms with Crippen molar-refractivity contribution in [1.82, 2.24) is 9.97 Å². The van der Waals surface area contributed by atoms with Crippen molar-refractivity contribution in [2.75, 3.05) is 23.4 Å². The Hall–Kier alpha value is -1.50. The highest BCUT2D eigenvalue weighted by Crippen LogP contribution is 2.21. The summed E-state index contributed by atoms with van der Waals surface area (Å²) in [7, 11) is 0. The number of aromatic nitrogens is 2. The summed E-state index contributed by atoms with van der Waals surface area (Å²) in [5.74, 6) is 1.10. The van der Waals surface area contributed by atoms with E-state index in [-0.39, 0.29) is 12.3 Å². The number of hydrogen-bond acceptors (Lipinski definition) is 6. The van der Waals surface area contributed by atoms with Gasteiger partial charge in [-0.05, 0) is 27.0 Å². The highest BCUT2D eigenvalue weighted by atomic mass is 32.2. The molecule has 0 saturated heterocycles. The van der Waals surface area contributed by atoms with Gasteiger partial charge in [0.25, 0.3) is 0 Å². The first-order valence-corrected chi connectivity index (χ1v) is 7.32. The molecule has 19 heavy (non-hydrogen) atoms. The highest BCUT2D eigenvalue weighted by Gasteiger charge is 2.21. The van der Waals surface area contributed by atoms with Crippen molar-refractivity contribution in [3.8, 4) is 0 Å². The number of nitrogens with one attached hydrogen (secondary N) is 2. The van der Waals surface area contributed by atoms with E-state index in [0.29, 0.717) is 11.0 Å². The van der Waals surface area contributed by atoms with Crippen molar-refractivity contribution in [3.63, 3.8) is 0 Å². The van der Waals surface area contributed by atoms with Crippen LogP contribution in [0.3, 0.4) is 0 Å². The number of hydrogen-bond donors (Lipinski definition) is 3. The number of anilines is 2. The molecule has 0 unspecified atom stereocenters. The van der Waals surface area contributed by atoms with Crippen LogP contribution in [0, 0.1) is 0 Å². The molecule has 4 N–H and O–H groups in total. The lowest BCUT2D eigenvalue weighted by Gasteiger charge is -2.25. The minimum absolute atomic E-state index is 0.238. The van der Waals surface area contributed by atoms with Crippen LogP contribution in [0.1, 0.15) is 27.2 Å². The third-order valence-corrected chi connectivity index (χ3v) is 2.88. The molecule has 6 nitrogen and oxygen atoms in total. The number of carbonyl (C=O) groups excluding carboxylic acids is 1. The zero-order valence-electron chi connectivity index (χ0n) is 11.8. The van der Waals surface area contributed by atoms with Gasteiger partial charge in [0, 0.05) is 24.6 Å². The molecule has 0 aliphatic rings. The number of nitrogens with two attached hydrogens (primary N) is 1. The molecule has 1 aromatic heterocycles. The average molecular weight is 283 g/mol. The van der Waals surface area contributed by atoms with Crippen LogP contribution in [0.2, 0.25) is 0 Å². The van der Waals surface area contributed by atoms with E-state index in [1.807, 2.05) is 33.1 Å². The lowest BCUT2D eigenvalue weighted by Crippen LogP contribution is -2.36. The predicted octanol–water partition coefficient (Wildman–Crippen LogP) is 1.70. The van der Waals surface area contributed by atoms with Crippen LogP contribution < -0.4 is 16.4 Å². The molecule has 1 aromatic rings. The fourth-order valence-electron chi connectivity index (χ4n) is 1.68. The maximum absolute atomic E-state index is 11.0. The highest BCUT2D eigenvalue weighted by molar-refractivity contribution is 7.98. The number of thioether (sulfide) groups is 1. The van der Waals surface area contributed by atoms with Crippen LogP contribution in [-0.2, 0) is 4.79 Å². The summed E-state index contributed by atoms with van der Waals surface area (Å²) in [4.78, 5) is 19.7. The molecule has 0 aliphatic heterocycles. The van der Waals surface area contributed by atoms with E-state index in [1.54, 1.807) is 0 Å². The van der Waals surface area contributed by atoms with Crippen molar-refractivity contribution in [2.24, 2.45) is 5.73 Å². The minimum atomic E-state index is -0.445. The van der Waals surface area contributed by atoms with Crippen LogP contribution in [0.15, 0.2) is 11.2 Å². The molecule has 0 atom stereocenters. The van der Waals surface area contributed by atoms with Crippen molar-refractivity contribution in [3.05, 3.63) is 6.07 Å². The second-order valence-electron chi connectivity index (χ2n) is 4.81. The first-order chi connectivity index (χ1) is 8.86. The summed E-state index contributed by atoms with van der Waals surface area (Å²) in [6.45, 7) is 6.61. The summed E-state index contributed by atoms with van der Waals surface area (Å²) in [6, 6.07) is 1.83. The second-order valence-corrected chi connectivity index (χ2v) is 5.58. The maximum atomic E-state index is 11.0. The van der Waals surface area contributed by atoms with Gasteiger partial charge in [0.2, 0.25) is 5.91 Å². The Morgan fingerprint density at radius 1 is 1.42 bits per heavy atom. The lowest BCUT2D eigenvalue weighted by molar-refractivity contribution is -0.118. The van der Waals surface area contributed by atoms with E-state index in [1.165, 1.54) is 11.8 Å². The molecule has 0 radical (unpaired) electrons. The smallest absolute Gasteiger partial charge is 0.219 e. The van der Waals surface area contributed by atoms with Gasteiger partial charge in [-0.25, -0.2) is 9.97 Å². The van der Waals surface area contributed by atoms with Gasteiger partial charge in [-0.1, -0.05) is 11.8 Å². The van der Waals surface area contributed by atoms with Crippen LogP contribution in [0.25, 0.3) is 0 Å². The van der Waals surface area contributed by atoms with Gasteiger partial charge in [-0.2, -0.15) is 0 Å². The van der Waals surface area contributed by atoms with Crippen molar-refractivity contribution in [1.29, 1.82) is 0 Å². The lowest BCUT2D eigenvalue weighted by atomic mass is 10.0.